The Morgan fingerprint density at radius 2 is 1.81 bits per heavy atom. The molecule has 3 nitrogen and oxygen atoms in total. The summed E-state index contributed by atoms with van der Waals surface area (Å²) in [5.41, 5.74) is 3.48. The second kappa shape index (κ2) is 7.40. The molecule has 2 aromatic rings. The Bertz CT molecular complexity index is 617. The number of likely N-dealkylation sites (N-methyl/N-ethyl adjacent to an activating group) is 1. The van der Waals surface area contributed by atoms with E-state index in [0.29, 0.717) is 0 Å². The Hall–Kier alpha value is -0.170. The average molecular weight is 480 g/mol. The lowest BCUT2D eigenvalue weighted by Gasteiger charge is -2.19. The van der Waals surface area contributed by atoms with Crippen LogP contribution in [0, 0.1) is 6.92 Å². The van der Waals surface area contributed by atoms with Crippen molar-refractivity contribution >= 4 is 47.8 Å². The van der Waals surface area contributed by atoms with E-state index in [4.69, 9.17) is 0 Å². The van der Waals surface area contributed by atoms with Gasteiger partial charge in [-0.1, -0.05) is 38.8 Å². The molecule has 1 atom stereocenters. The van der Waals surface area contributed by atoms with Crippen LogP contribution in [-0.4, -0.2) is 16.3 Å². The fourth-order valence-corrected chi connectivity index (χ4v) is 4.25. The smallest absolute Gasteiger partial charge is 0.0738 e. The van der Waals surface area contributed by atoms with E-state index in [1.165, 1.54) is 11.3 Å². The fraction of sp³-hybridized carbons (Fsp3) is 0.400. The van der Waals surface area contributed by atoms with E-state index in [9.17, 15) is 0 Å². The predicted molar refractivity (Wildman–Crippen MR) is 97.6 cm³/mol. The number of nitrogens with one attached hydrogen (secondary N) is 1. The Morgan fingerprint density at radius 3 is 2.29 bits per heavy atom. The number of rotatable bonds is 5. The normalized spacial score (nSPS) is 12.7. The Balaban J connectivity index is 2.35. The summed E-state index contributed by atoms with van der Waals surface area (Å²) in [7, 11) is 1.99. The first-order valence-corrected chi connectivity index (χ1v) is 9.17. The molecular weight excluding hydrogens is 462 g/mol. The largest absolute Gasteiger partial charge is 0.310 e. The minimum atomic E-state index is 0.245. The first-order valence-electron chi connectivity index (χ1n) is 6.79. The van der Waals surface area contributed by atoms with Crippen molar-refractivity contribution in [2.24, 2.45) is 7.05 Å². The first kappa shape index (κ1) is 17.2. The number of benzene rings is 1. The third-order valence-corrected chi connectivity index (χ3v) is 5.34. The molecule has 0 fully saturated rings. The van der Waals surface area contributed by atoms with Crippen LogP contribution < -0.4 is 5.32 Å². The molecule has 0 aliphatic carbocycles. The van der Waals surface area contributed by atoms with E-state index in [-0.39, 0.29) is 6.04 Å². The summed E-state index contributed by atoms with van der Waals surface area (Å²) in [6, 6.07) is 6.62. The molecule has 0 radical (unpaired) electrons. The second-order valence-corrected chi connectivity index (χ2v) is 7.61. The predicted octanol–water partition coefficient (Wildman–Crippen LogP) is 4.91. The summed E-state index contributed by atoms with van der Waals surface area (Å²) in [6.45, 7) is 5.07. The molecule has 21 heavy (non-hydrogen) atoms. The van der Waals surface area contributed by atoms with Gasteiger partial charge in [0.05, 0.1) is 15.9 Å². The van der Waals surface area contributed by atoms with Crippen LogP contribution in [0.5, 0.6) is 0 Å². The Kier molecular flexibility index (Phi) is 6.05. The molecule has 2 rings (SSSR count). The molecule has 1 heterocycles. The van der Waals surface area contributed by atoms with Crippen molar-refractivity contribution in [1.29, 1.82) is 0 Å². The molecule has 114 valence electrons. The van der Waals surface area contributed by atoms with Gasteiger partial charge in [0, 0.05) is 28.5 Å². The highest BCUT2D eigenvalue weighted by molar-refractivity contribution is 9.11. The summed E-state index contributed by atoms with van der Waals surface area (Å²) < 4.78 is 5.21. The molecule has 6 heteroatoms. The van der Waals surface area contributed by atoms with Gasteiger partial charge in [0.25, 0.3) is 0 Å². The van der Waals surface area contributed by atoms with E-state index >= 15 is 0 Å². The van der Waals surface area contributed by atoms with Crippen molar-refractivity contribution in [3.05, 3.63) is 48.6 Å². The van der Waals surface area contributed by atoms with Gasteiger partial charge in [-0.15, -0.1) is 0 Å². The molecule has 0 saturated carbocycles. The molecule has 0 amide bonds. The van der Waals surface area contributed by atoms with E-state index in [1.54, 1.807) is 0 Å². The average Bonchev–Trinajstić information content (AvgIpc) is 2.63. The zero-order valence-electron chi connectivity index (χ0n) is 12.3. The summed E-state index contributed by atoms with van der Waals surface area (Å²) >= 11 is 10.8. The quantitative estimate of drug-likeness (QED) is 0.660. The SMILES string of the molecule is CCNC(Cc1c(Br)c(C)nn1C)c1cc(Br)cc(Br)c1. The van der Waals surface area contributed by atoms with Gasteiger partial charge in [-0.2, -0.15) is 5.10 Å². The maximum absolute atomic E-state index is 4.48. The minimum absolute atomic E-state index is 0.245. The van der Waals surface area contributed by atoms with Gasteiger partial charge in [-0.25, -0.2) is 0 Å². The van der Waals surface area contributed by atoms with Crippen LogP contribution >= 0.6 is 47.8 Å². The van der Waals surface area contributed by atoms with Gasteiger partial charge in [-0.05, 0) is 53.2 Å². The zero-order chi connectivity index (χ0) is 15.6. The maximum atomic E-state index is 4.48. The lowest BCUT2D eigenvalue weighted by Crippen LogP contribution is -2.24. The molecule has 1 aromatic carbocycles. The molecular formula is C15H18Br3N3. The van der Waals surface area contributed by atoms with Crippen LogP contribution in [0.15, 0.2) is 31.6 Å². The molecule has 1 aromatic heterocycles. The van der Waals surface area contributed by atoms with E-state index < -0.39 is 0 Å². The van der Waals surface area contributed by atoms with Gasteiger partial charge in [0.15, 0.2) is 0 Å². The van der Waals surface area contributed by atoms with Gasteiger partial charge >= 0.3 is 0 Å². The Labute approximate surface area is 150 Å². The van der Waals surface area contributed by atoms with Gasteiger partial charge in [0.1, 0.15) is 0 Å². The number of aromatic nitrogens is 2. The first-order chi connectivity index (χ1) is 9.92. The van der Waals surface area contributed by atoms with Crippen molar-refractivity contribution in [3.8, 4) is 0 Å². The number of aryl methyl sites for hydroxylation is 2. The molecule has 0 saturated heterocycles. The monoisotopic (exact) mass is 477 g/mol. The number of hydrogen-bond acceptors (Lipinski definition) is 2. The molecule has 0 spiro atoms. The van der Waals surface area contributed by atoms with Crippen molar-refractivity contribution < 1.29 is 0 Å². The molecule has 1 N–H and O–H groups in total. The van der Waals surface area contributed by atoms with Crippen LogP contribution in [0.1, 0.15) is 29.9 Å². The van der Waals surface area contributed by atoms with E-state index in [2.05, 4.69) is 83.3 Å². The summed E-state index contributed by atoms with van der Waals surface area (Å²) in [4.78, 5) is 0. The lowest BCUT2D eigenvalue weighted by atomic mass is 10.0. The molecule has 0 aliphatic heterocycles. The number of nitrogens with zero attached hydrogens (tertiary/aromatic N) is 2. The molecule has 1 unspecified atom stereocenters. The van der Waals surface area contributed by atoms with Crippen molar-refractivity contribution in [1.82, 2.24) is 15.1 Å². The highest BCUT2D eigenvalue weighted by atomic mass is 79.9. The molecule has 0 bridgehead atoms. The third-order valence-electron chi connectivity index (χ3n) is 3.40. The van der Waals surface area contributed by atoms with Crippen molar-refractivity contribution in [2.75, 3.05) is 6.54 Å². The van der Waals surface area contributed by atoms with E-state index in [1.807, 2.05) is 18.7 Å². The number of halogens is 3. The highest BCUT2D eigenvalue weighted by Crippen LogP contribution is 2.29. The van der Waals surface area contributed by atoms with E-state index in [0.717, 1.165) is 32.1 Å². The zero-order valence-corrected chi connectivity index (χ0v) is 17.0. The summed E-state index contributed by atoms with van der Waals surface area (Å²) in [5.74, 6) is 0. The van der Waals surface area contributed by atoms with Crippen LogP contribution in [0.3, 0.4) is 0 Å². The van der Waals surface area contributed by atoms with Crippen LogP contribution in [0.2, 0.25) is 0 Å². The topological polar surface area (TPSA) is 29.9 Å². The standard InChI is InChI=1S/C15H18Br3N3/c1-4-19-13(10-5-11(16)7-12(17)6-10)8-14-15(18)9(2)20-21(14)3/h5-7,13,19H,4,8H2,1-3H3. The third kappa shape index (κ3) is 4.18. The van der Waals surface area contributed by atoms with Crippen LogP contribution in [0.4, 0.5) is 0 Å². The Morgan fingerprint density at radius 1 is 1.19 bits per heavy atom. The van der Waals surface area contributed by atoms with Gasteiger partial charge in [-0.3, -0.25) is 4.68 Å². The summed E-state index contributed by atoms with van der Waals surface area (Å²) in [5, 5.41) is 8.04. The van der Waals surface area contributed by atoms with Gasteiger partial charge < -0.3 is 5.32 Å². The highest BCUT2D eigenvalue weighted by Gasteiger charge is 2.18. The number of hydrogen-bond donors (Lipinski definition) is 1. The minimum Gasteiger partial charge on any atom is -0.310 e. The van der Waals surface area contributed by atoms with Crippen molar-refractivity contribution in [2.45, 2.75) is 26.3 Å². The second-order valence-electron chi connectivity index (χ2n) is 4.99. The fourth-order valence-electron chi connectivity index (χ4n) is 2.43. The van der Waals surface area contributed by atoms with Gasteiger partial charge in [0.2, 0.25) is 0 Å². The van der Waals surface area contributed by atoms with Crippen LogP contribution in [-0.2, 0) is 13.5 Å². The maximum Gasteiger partial charge on any atom is 0.0738 e. The van der Waals surface area contributed by atoms with Crippen LogP contribution in [0.25, 0.3) is 0 Å². The molecule has 0 aliphatic rings. The summed E-state index contributed by atoms with van der Waals surface area (Å²) in [6.07, 6.45) is 0.884. The van der Waals surface area contributed by atoms with Crippen molar-refractivity contribution in [3.63, 3.8) is 0 Å². The lowest BCUT2D eigenvalue weighted by molar-refractivity contribution is 0.527.